The van der Waals surface area contributed by atoms with Crippen LogP contribution in [0.1, 0.15) is 17.0 Å². The Hall–Kier alpha value is -1.68. The highest BCUT2D eigenvalue weighted by molar-refractivity contribution is 5.44. The third-order valence-electron chi connectivity index (χ3n) is 2.78. The molecule has 2 rings (SSSR count). The first-order chi connectivity index (χ1) is 7.65. The van der Waals surface area contributed by atoms with Crippen LogP contribution in [0, 0.1) is 19.7 Å². The van der Waals surface area contributed by atoms with Crippen LogP contribution in [0.4, 0.5) is 4.39 Å². The zero-order valence-electron chi connectivity index (χ0n) is 9.37. The first-order valence-corrected chi connectivity index (χ1v) is 5.13. The minimum absolute atomic E-state index is 0.275. The fourth-order valence-electron chi connectivity index (χ4n) is 1.72. The second kappa shape index (κ2) is 4.06. The Kier molecular flexibility index (Phi) is 2.75. The molecule has 1 aromatic heterocycles. The maximum atomic E-state index is 13.8. The van der Waals surface area contributed by atoms with Gasteiger partial charge in [-0.05, 0) is 25.5 Å². The Labute approximate surface area is 93.7 Å². The zero-order valence-corrected chi connectivity index (χ0v) is 9.37. The van der Waals surface area contributed by atoms with Crippen molar-refractivity contribution in [2.24, 2.45) is 5.73 Å². The van der Waals surface area contributed by atoms with Crippen LogP contribution in [-0.4, -0.2) is 9.55 Å². The largest absolute Gasteiger partial charge is 0.326 e. The predicted molar refractivity (Wildman–Crippen MR) is 60.9 cm³/mol. The summed E-state index contributed by atoms with van der Waals surface area (Å²) in [5.41, 5.74) is 8.72. The van der Waals surface area contributed by atoms with E-state index in [2.05, 4.69) is 4.98 Å². The molecule has 0 unspecified atom stereocenters. The van der Waals surface area contributed by atoms with Crippen LogP contribution in [0.2, 0.25) is 0 Å². The second-order valence-electron chi connectivity index (χ2n) is 3.74. The van der Waals surface area contributed by atoms with Gasteiger partial charge in [-0.25, -0.2) is 9.37 Å². The van der Waals surface area contributed by atoms with E-state index >= 15 is 0 Å². The number of aryl methyl sites for hydroxylation is 1. The maximum absolute atomic E-state index is 13.8. The summed E-state index contributed by atoms with van der Waals surface area (Å²) in [5, 5.41) is 0. The molecule has 84 valence electrons. The van der Waals surface area contributed by atoms with Gasteiger partial charge in [-0.3, -0.25) is 0 Å². The van der Waals surface area contributed by atoms with Crippen molar-refractivity contribution in [3.8, 4) is 5.69 Å². The summed E-state index contributed by atoms with van der Waals surface area (Å²) in [5.74, 6) is -0.275. The predicted octanol–water partition coefficient (Wildman–Crippen LogP) is 2.09. The molecule has 2 N–H and O–H groups in total. The maximum Gasteiger partial charge on any atom is 0.147 e. The Morgan fingerprint density at radius 2 is 2.12 bits per heavy atom. The van der Waals surface area contributed by atoms with E-state index < -0.39 is 0 Å². The van der Waals surface area contributed by atoms with Crippen molar-refractivity contribution in [2.45, 2.75) is 20.4 Å². The van der Waals surface area contributed by atoms with E-state index in [4.69, 9.17) is 5.73 Å². The fourth-order valence-corrected chi connectivity index (χ4v) is 1.72. The quantitative estimate of drug-likeness (QED) is 0.840. The van der Waals surface area contributed by atoms with E-state index in [-0.39, 0.29) is 5.82 Å². The van der Waals surface area contributed by atoms with Crippen LogP contribution in [0.5, 0.6) is 0 Å². The lowest BCUT2D eigenvalue weighted by Crippen LogP contribution is -2.07. The molecule has 1 heterocycles. The van der Waals surface area contributed by atoms with Crippen LogP contribution >= 0.6 is 0 Å². The SMILES string of the molecule is Cc1ncn(-c2c(F)cccc2CN)c1C. The van der Waals surface area contributed by atoms with Crippen molar-refractivity contribution < 1.29 is 4.39 Å². The third-order valence-corrected chi connectivity index (χ3v) is 2.78. The lowest BCUT2D eigenvalue weighted by molar-refractivity contribution is 0.613. The standard InChI is InChI=1S/C12H14FN3/c1-8-9(2)16(7-15-8)12-10(6-14)4-3-5-11(12)13/h3-5,7H,6,14H2,1-2H3. The topological polar surface area (TPSA) is 43.8 Å². The van der Waals surface area contributed by atoms with Crippen molar-refractivity contribution in [3.63, 3.8) is 0 Å². The van der Waals surface area contributed by atoms with Gasteiger partial charge in [0.15, 0.2) is 0 Å². The number of halogens is 1. The number of hydrogen-bond acceptors (Lipinski definition) is 2. The van der Waals surface area contributed by atoms with Crippen LogP contribution in [0.25, 0.3) is 5.69 Å². The molecule has 0 saturated carbocycles. The van der Waals surface area contributed by atoms with Gasteiger partial charge in [-0.2, -0.15) is 0 Å². The number of para-hydroxylation sites is 1. The molecule has 0 fully saturated rings. The molecule has 0 atom stereocenters. The molecule has 2 aromatic rings. The average Bonchev–Trinajstić information content (AvgIpc) is 2.60. The molecule has 0 saturated heterocycles. The van der Waals surface area contributed by atoms with Crippen molar-refractivity contribution in [1.82, 2.24) is 9.55 Å². The molecule has 4 heteroatoms. The molecule has 3 nitrogen and oxygen atoms in total. The molecule has 0 aliphatic heterocycles. The van der Waals surface area contributed by atoms with Gasteiger partial charge in [0.25, 0.3) is 0 Å². The van der Waals surface area contributed by atoms with Gasteiger partial charge in [-0.1, -0.05) is 12.1 Å². The van der Waals surface area contributed by atoms with Gasteiger partial charge in [0.05, 0.1) is 17.7 Å². The Morgan fingerprint density at radius 3 is 2.69 bits per heavy atom. The molecule has 0 aliphatic rings. The molecule has 0 aliphatic carbocycles. The average molecular weight is 219 g/mol. The van der Waals surface area contributed by atoms with Crippen molar-refractivity contribution in [2.75, 3.05) is 0 Å². The van der Waals surface area contributed by atoms with E-state index in [0.717, 1.165) is 17.0 Å². The molecular formula is C12H14FN3. The van der Waals surface area contributed by atoms with E-state index in [1.165, 1.54) is 6.07 Å². The van der Waals surface area contributed by atoms with Crippen LogP contribution in [0.3, 0.4) is 0 Å². The highest BCUT2D eigenvalue weighted by Crippen LogP contribution is 2.21. The van der Waals surface area contributed by atoms with Gasteiger partial charge < -0.3 is 10.3 Å². The van der Waals surface area contributed by atoms with Gasteiger partial charge in [-0.15, -0.1) is 0 Å². The van der Waals surface area contributed by atoms with Crippen molar-refractivity contribution in [3.05, 3.63) is 47.3 Å². The first-order valence-electron chi connectivity index (χ1n) is 5.13. The molecule has 16 heavy (non-hydrogen) atoms. The number of imidazole rings is 1. The monoisotopic (exact) mass is 219 g/mol. The normalized spacial score (nSPS) is 10.8. The van der Waals surface area contributed by atoms with Crippen LogP contribution < -0.4 is 5.73 Å². The van der Waals surface area contributed by atoms with E-state index in [9.17, 15) is 4.39 Å². The number of rotatable bonds is 2. The third kappa shape index (κ3) is 1.61. The smallest absolute Gasteiger partial charge is 0.147 e. The van der Waals surface area contributed by atoms with Gasteiger partial charge in [0.1, 0.15) is 5.82 Å². The highest BCUT2D eigenvalue weighted by Gasteiger charge is 2.12. The number of benzene rings is 1. The van der Waals surface area contributed by atoms with E-state index in [0.29, 0.717) is 12.2 Å². The molecule has 0 radical (unpaired) electrons. The van der Waals surface area contributed by atoms with Gasteiger partial charge >= 0.3 is 0 Å². The van der Waals surface area contributed by atoms with Crippen LogP contribution in [0.15, 0.2) is 24.5 Å². The lowest BCUT2D eigenvalue weighted by Gasteiger charge is -2.11. The summed E-state index contributed by atoms with van der Waals surface area (Å²) in [4.78, 5) is 4.16. The van der Waals surface area contributed by atoms with Crippen LogP contribution in [-0.2, 0) is 6.54 Å². The second-order valence-corrected chi connectivity index (χ2v) is 3.74. The number of nitrogens with zero attached hydrogens (tertiary/aromatic N) is 2. The zero-order chi connectivity index (χ0) is 11.7. The summed E-state index contributed by atoms with van der Waals surface area (Å²) in [6.07, 6.45) is 1.63. The number of aromatic nitrogens is 2. The summed E-state index contributed by atoms with van der Waals surface area (Å²) >= 11 is 0. The molecule has 0 bridgehead atoms. The van der Waals surface area contributed by atoms with E-state index in [1.54, 1.807) is 17.0 Å². The summed E-state index contributed by atoms with van der Waals surface area (Å²) < 4.78 is 15.6. The minimum Gasteiger partial charge on any atom is -0.326 e. The first kappa shape index (κ1) is 10.8. The molecular weight excluding hydrogens is 205 g/mol. The Bertz CT molecular complexity index is 517. The molecule has 0 amide bonds. The minimum atomic E-state index is -0.275. The van der Waals surface area contributed by atoms with Gasteiger partial charge in [0.2, 0.25) is 0 Å². The Balaban J connectivity index is 2.68. The van der Waals surface area contributed by atoms with Gasteiger partial charge in [0, 0.05) is 12.2 Å². The summed E-state index contributed by atoms with van der Waals surface area (Å²) in [6.45, 7) is 4.12. The highest BCUT2D eigenvalue weighted by atomic mass is 19.1. The summed E-state index contributed by atoms with van der Waals surface area (Å²) in [6, 6.07) is 4.93. The lowest BCUT2D eigenvalue weighted by atomic mass is 10.1. The van der Waals surface area contributed by atoms with Crippen molar-refractivity contribution in [1.29, 1.82) is 0 Å². The number of nitrogens with two attached hydrogens (primary N) is 1. The summed E-state index contributed by atoms with van der Waals surface area (Å²) in [7, 11) is 0. The number of hydrogen-bond donors (Lipinski definition) is 1. The van der Waals surface area contributed by atoms with Crippen molar-refractivity contribution >= 4 is 0 Å². The van der Waals surface area contributed by atoms with E-state index in [1.807, 2.05) is 19.9 Å². The molecule has 0 spiro atoms. The fraction of sp³-hybridized carbons (Fsp3) is 0.250. The Morgan fingerprint density at radius 1 is 1.38 bits per heavy atom. The molecule has 1 aromatic carbocycles.